The van der Waals surface area contributed by atoms with Crippen LogP contribution in [0.4, 0.5) is 0 Å². The van der Waals surface area contributed by atoms with Crippen molar-refractivity contribution in [3.05, 3.63) is 91.0 Å². The molecular weight excluding hydrogens is 262 g/mol. The highest BCUT2D eigenvalue weighted by Crippen LogP contribution is 2.55. The number of benzene rings is 3. The summed E-state index contributed by atoms with van der Waals surface area (Å²) in [6, 6.07) is 29.7. The van der Waals surface area contributed by atoms with E-state index in [1.54, 1.807) is 0 Å². The fourth-order valence-electron chi connectivity index (χ4n) is 2.26. The van der Waals surface area contributed by atoms with Crippen molar-refractivity contribution in [2.45, 2.75) is 14.7 Å². The molecule has 0 atom stereocenters. The third-order valence-corrected chi connectivity index (χ3v) is 6.12. The molecule has 0 saturated carbocycles. The van der Waals surface area contributed by atoms with E-state index in [0.29, 0.717) is 0 Å². The van der Waals surface area contributed by atoms with Crippen molar-refractivity contribution >= 4 is 9.66 Å². The van der Waals surface area contributed by atoms with Crippen LogP contribution < -0.4 is 0 Å². The van der Waals surface area contributed by atoms with E-state index in [0.717, 1.165) is 14.7 Å². The average molecular weight is 277 g/mol. The summed E-state index contributed by atoms with van der Waals surface area (Å²) in [4.78, 5) is 2.87. The maximum absolute atomic E-state index is 11.5. The highest BCUT2D eigenvalue weighted by atomic mass is 32.2. The predicted octanol–water partition coefficient (Wildman–Crippen LogP) is 5.45. The third kappa shape index (κ3) is 2.16. The highest BCUT2D eigenvalue weighted by Gasteiger charge is 2.22. The van der Waals surface area contributed by atoms with Crippen molar-refractivity contribution in [2.24, 2.45) is 0 Å². The van der Waals surface area contributed by atoms with E-state index in [9.17, 15) is 4.61 Å². The second kappa shape index (κ2) is 5.38. The van der Waals surface area contributed by atoms with Gasteiger partial charge >= 0.3 is 0 Å². The lowest BCUT2D eigenvalue weighted by Crippen LogP contribution is -1.91. The molecule has 1 nitrogen and oxygen atoms in total. The molecule has 0 unspecified atom stereocenters. The lowest BCUT2D eigenvalue weighted by Gasteiger charge is -2.20. The molecule has 3 aromatic rings. The van der Waals surface area contributed by atoms with Gasteiger partial charge in [0.15, 0.2) is 0 Å². The van der Waals surface area contributed by atoms with Crippen LogP contribution in [0.1, 0.15) is 0 Å². The Bertz CT molecular complexity index is 675. The molecule has 0 aliphatic carbocycles. The van der Waals surface area contributed by atoms with Crippen molar-refractivity contribution in [1.82, 2.24) is 0 Å². The van der Waals surface area contributed by atoms with Crippen LogP contribution in [0.3, 0.4) is 0 Å². The molecule has 3 aromatic carbocycles. The molecule has 0 radical (unpaired) electrons. The quantitative estimate of drug-likeness (QED) is 0.536. The maximum atomic E-state index is 11.5. The predicted molar refractivity (Wildman–Crippen MR) is 83.4 cm³/mol. The first-order valence-electron chi connectivity index (χ1n) is 6.53. The first-order valence-corrected chi connectivity index (χ1v) is 8.12. The van der Waals surface area contributed by atoms with E-state index in [1.165, 1.54) is 0 Å². The zero-order valence-corrected chi connectivity index (χ0v) is 11.8. The molecule has 0 heterocycles. The molecule has 0 spiro atoms. The number of hydrogen-bond donors (Lipinski definition) is 0. The van der Waals surface area contributed by atoms with Gasteiger partial charge in [-0.05, 0) is 36.4 Å². The van der Waals surface area contributed by atoms with Crippen molar-refractivity contribution < 1.29 is 0 Å². The summed E-state index contributed by atoms with van der Waals surface area (Å²) in [5, 5.41) is 0. The zero-order chi connectivity index (χ0) is 13.8. The molecule has 0 aromatic heterocycles. The van der Waals surface area contributed by atoms with Crippen molar-refractivity contribution in [2.75, 3.05) is 0 Å². The Kier molecular flexibility index (Phi) is 3.42. The van der Waals surface area contributed by atoms with Crippen LogP contribution in [0.2, 0.25) is 0 Å². The first kappa shape index (κ1) is 12.7. The second-order valence-electron chi connectivity index (χ2n) is 4.52. The van der Waals surface area contributed by atoms with Gasteiger partial charge in [0.2, 0.25) is 0 Å². The van der Waals surface area contributed by atoms with Crippen LogP contribution >= 0.6 is 9.66 Å². The van der Waals surface area contributed by atoms with Gasteiger partial charge in [0.05, 0.1) is 0 Å². The van der Waals surface area contributed by atoms with Crippen molar-refractivity contribution in [3.8, 4) is 0 Å². The molecule has 98 valence electrons. The van der Waals surface area contributed by atoms with E-state index in [4.69, 9.17) is 0 Å². The minimum Gasteiger partial charge on any atom is -0.216 e. The minimum absolute atomic E-state index is 0.956. The van der Waals surface area contributed by atoms with Gasteiger partial charge in [-0.2, -0.15) is 0 Å². The lowest BCUT2D eigenvalue weighted by molar-refractivity contribution is 1.29. The van der Waals surface area contributed by atoms with E-state index in [1.807, 2.05) is 91.0 Å². The Morgan fingerprint density at radius 3 is 0.950 bits per heavy atom. The first-order chi connectivity index (χ1) is 9.82. The van der Waals surface area contributed by atoms with Gasteiger partial charge in [0.25, 0.3) is 0 Å². The van der Waals surface area contributed by atoms with E-state index >= 15 is 0 Å². The van der Waals surface area contributed by atoms with Crippen LogP contribution in [0.5, 0.6) is 0 Å². The smallest absolute Gasteiger partial charge is 0.0309 e. The Labute approximate surface area is 120 Å². The van der Waals surface area contributed by atoms with Crippen LogP contribution in [0, 0.1) is 4.61 Å². The Hall–Kier alpha value is -2.28. The van der Waals surface area contributed by atoms with Gasteiger partial charge < -0.3 is 0 Å². The molecular formula is C18H15NS. The summed E-state index contributed by atoms with van der Waals surface area (Å²) in [5.41, 5.74) is 0. The third-order valence-electron chi connectivity index (χ3n) is 3.25. The van der Waals surface area contributed by atoms with E-state index in [-0.39, 0.29) is 0 Å². The van der Waals surface area contributed by atoms with Gasteiger partial charge in [0.1, 0.15) is 0 Å². The minimum atomic E-state index is -2.18. The Morgan fingerprint density at radius 1 is 0.450 bits per heavy atom. The number of rotatable bonds is 0. The number of nitrogens with zero attached hydrogens (tertiary/aromatic N) is 1. The summed E-state index contributed by atoms with van der Waals surface area (Å²) in [7, 11) is -2.18. The van der Waals surface area contributed by atoms with Crippen LogP contribution in [-0.2, 0) is 0 Å². The lowest BCUT2D eigenvalue weighted by atomic mass is 10.4. The summed E-state index contributed by atoms with van der Waals surface area (Å²) >= 11 is 0. The maximum Gasteiger partial charge on any atom is 0.0309 e. The second-order valence-corrected chi connectivity index (χ2v) is 7.09. The fourth-order valence-corrected chi connectivity index (χ4v) is 4.73. The molecule has 0 amide bonds. The Balaban J connectivity index is 2.28. The van der Waals surface area contributed by atoms with Crippen molar-refractivity contribution in [3.63, 3.8) is 0 Å². The van der Waals surface area contributed by atoms with Gasteiger partial charge in [0, 0.05) is 24.3 Å². The molecule has 20 heavy (non-hydrogen) atoms. The molecule has 0 bridgehead atoms. The summed E-state index contributed by atoms with van der Waals surface area (Å²) < 4.78 is 11.5. The van der Waals surface area contributed by atoms with E-state index < -0.39 is 9.66 Å². The van der Waals surface area contributed by atoms with E-state index in [2.05, 4.69) is 0 Å². The monoisotopic (exact) mass is 277 g/mol. The topological polar surface area (TPSA) is 23.8 Å². The largest absolute Gasteiger partial charge is 0.216 e. The van der Waals surface area contributed by atoms with Crippen LogP contribution in [-0.4, -0.2) is 0 Å². The molecule has 0 saturated heterocycles. The van der Waals surface area contributed by atoms with Gasteiger partial charge in [-0.3, -0.25) is 0 Å². The SMILES string of the molecule is N#S(c1ccccc1)(c1ccccc1)c1ccccc1. The molecule has 0 aliphatic heterocycles. The Morgan fingerprint density at radius 2 is 0.700 bits per heavy atom. The van der Waals surface area contributed by atoms with Gasteiger partial charge in [-0.1, -0.05) is 54.6 Å². The van der Waals surface area contributed by atoms with Crippen molar-refractivity contribution in [1.29, 1.82) is 4.61 Å². The summed E-state index contributed by atoms with van der Waals surface area (Å²) in [6.07, 6.45) is 0. The molecule has 0 fully saturated rings. The molecule has 0 aliphatic rings. The number of hydrogen-bond acceptors (Lipinski definition) is 1. The standard InChI is InChI=1S/C18H15NS/c19-20(16-10-4-1-5-11-16,17-12-6-2-7-13-17)18-14-8-3-9-15-18/h1-15H. The van der Waals surface area contributed by atoms with Crippen LogP contribution in [0.15, 0.2) is 106 Å². The van der Waals surface area contributed by atoms with Gasteiger partial charge in [-0.15, -0.1) is 0 Å². The van der Waals surface area contributed by atoms with Crippen LogP contribution in [0.25, 0.3) is 0 Å². The van der Waals surface area contributed by atoms with Gasteiger partial charge in [-0.25, -0.2) is 4.61 Å². The summed E-state index contributed by atoms with van der Waals surface area (Å²) in [6.45, 7) is 0. The molecule has 3 rings (SSSR count). The zero-order valence-electron chi connectivity index (χ0n) is 11.0. The summed E-state index contributed by atoms with van der Waals surface area (Å²) in [5.74, 6) is 0. The molecule has 0 N–H and O–H groups in total. The average Bonchev–Trinajstić information content (AvgIpc) is 2.56. The normalized spacial score (nSPS) is 11.2. The highest BCUT2D eigenvalue weighted by molar-refractivity contribution is 8.21. The molecule has 2 heteroatoms. The fraction of sp³-hybridized carbons (Fsp3) is 0.